The summed E-state index contributed by atoms with van der Waals surface area (Å²) in [6, 6.07) is 12.6. The van der Waals surface area contributed by atoms with Gasteiger partial charge in [-0.2, -0.15) is 5.10 Å². The molecule has 1 N–H and O–H groups in total. The third-order valence-electron chi connectivity index (χ3n) is 4.45. The van der Waals surface area contributed by atoms with Crippen LogP contribution in [0.4, 0.5) is 11.4 Å². The number of nitro benzene ring substituents is 2. The van der Waals surface area contributed by atoms with Gasteiger partial charge >= 0.3 is 0 Å². The quantitative estimate of drug-likeness (QED) is 0.413. The van der Waals surface area contributed by atoms with Crippen LogP contribution in [-0.4, -0.2) is 39.2 Å². The van der Waals surface area contributed by atoms with E-state index < -0.39 is 27.1 Å². The summed E-state index contributed by atoms with van der Waals surface area (Å²) < 4.78 is 6.27. The first-order chi connectivity index (χ1) is 15.3. The molecule has 0 fully saturated rings. The van der Waals surface area contributed by atoms with Crippen LogP contribution in [0.2, 0.25) is 0 Å². The maximum absolute atomic E-state index is 12.3. The van der Waals surface area contributed by atoms with Gasteiger partial charge in [0.1, 0.15) is 5.75 Å². The standard InChI is InChI=1S/C20H17N5O7/c1-32-17-4-2-13(3-5-17)18-6-7-19(26)23(22-18)9-8-21-20(27)14-10-15(24(28)29)12-16(11-14)25(30)31/h2-7,10-12H,8-9H2,1H3,(H,21,27). The molecule has 0 bridgehead atoms. The minimum atomic E-state index is -0.822. The van der Waals surface area contributed by atoms with Gasteiger partial charge < -0.3 is 10.1 Å². The first-order valence-electron chi connectivity index (χ1n) is 9.23. The van der Waals surface area contributed by atoms with Crippen molar-refractivity contribution in [2.24, 2.45) is 0 Å². The van der Waals surface area contributed by atoms with Crippen LogP contribution in [-0.2, 0) is 6.54 Å². The molecule has 0 aliphatic carbocycles. The number of non-ortho nitro benzene ring substituents is 2. The molecule has 0 aliphatic heterocycles. The minimum Gasteiger partial charge on any atom is -0.497 e. The molecule has 0 saturated carbocycles. The second-order valence-electron chi connectivity index (χ2n) is 6.52. The average Bonchev–Trinajstić information content (AvgIpc) is 2.79. The normalized spacial score (nSPS) is 10.4. The van der Waals surface area contributed by atoms with Crippen LogP contribution in [0.1, 0.15) is 10.4 Å². The van der Waals surface area contributed by atoms with Gasteiger partial charge in [0, 0.05) is 30.3 Å². The molecule has 0 atom stereocenters. The second kappa shape index (κ2) is 9.47. The zero-order valence-electron chi connectivity index (χ0n) is 16.8. The highest BCUT2D eigenvalue weighted by Gasteiger charge is 2.19. The summed E-state index contributed by atoms with van der Waals surface area (Å²) in [5.41, 5.74) is -0.482. The Hall–Kier alpha value is -4.61. The van der Waals surface area contributed by atoms with Crippen LogP contribution in [0.3, 0.4) is 0 Å². The van der Waals surface area contributed by atoms with E-state index in [1.54, 1.807) is 37.4 Å². The highest BCUT2D eigenvalue weighted by molar-refractivity contribution is 5.95. The Balaban J connectivity index is 1.72. The molecule has 1 aromatic heterocycles. The number of nitrogens with one attached hydrogen (secondary N) is 1. The summed E-state index contributed by atoms with van der Waals surface area (Å²) in [5, 5.41) is 28.7. The van der Waals surface area contributed by atoms with Crippen LogP contribution in [0, 0.1) is 20.2 Å². The number of hydrogen-bond acceptors (Lipinski definition) is 8. The Kier molecular flexibility index (Phi) is 6.53. The molecule has 12 nitrogen and oxygen atoms in total. The summed E-state index contributed by atoms with van der Waals surface area (Å²) >= 11 is 0. The molecule has 12 heteroatoms. The molecule has 164 valence electrons. The Labute approximate surface area is 180 Å². The van der Waals surface area contributed by atoms with Crippen molar-refractivity contribution in [2.75, 3.05) is 13.7 Å². The van der Waals surface area contributed by atoms with Gasteiger partial charge in [0.2, 0.25) is 0 Å². The molecule has 0 aliphatic rings. The summed E-state index contributed by atoms with van der Waals surface area (Å²) in [6.45, 7) is -0.0140. The first-order valence-corrected chi connectivity index (χ1v) is 9.23. The van der Waals surface area contributed by atoms with E-state index in [1.165, 1.54) is 6.07 Å². The van der Waals surface area contributed by atoms with E-state index in [2.05, 4.69) is 10.4 Å². The lowest BCUT2D eigenvalue weighted by Gasteiger charge is -2.09. The monoisotopic (exact) mass is 439 g/mol. The molecule has 0 unspecified atom stereocenters. The van der Waals surface area contributed by atoms with E-state index in [1.807, 2.05) is 0 Å². The number of amides is 1. The van der Waals surface area contributed by atoms with Crippen molar-refractivity contribution in [3.8, 4) is 17.0 Å². The maximum atomic E-state index is 12.3. The number of carbonyl (C=O) groups excluding carboxylic acids is 1. The van der Waals surface area contributed by atoms with Gasteiger partial charge in [0.25, 0.3) is 22.8 Å². The molecular weight excluding hydrogens is 422 g/mol. The van der Waals surface area contributed by atoms with Crippen molar-refractivity contribution in [3.05, 3.63) is 90.7 Å². The number of aromatic nitrogens is 2. The fourth-order valence-corrected chi connectivity index (χ4v) is 2.84. The summed E-state index contributed by atoms with van der Waals surface area (Å²) in [6.07, 6.45) is 0. The molecule has 0 radical (unpaired) electrons. The van der Waals surface area contributed by atoms with Gasteiger partial charge in [0.15, 0.2) is 0 Å². The lowest BCUT2D eigenvalue weighted by molar-refractivity contribution is -0.394. The summed E-state index contributed by atoms with van der Waals surface area (Å²) in [7, 11) is 1.55. The van der Waals surface area contributed by atoms with E-state index in [-0.39, 0.29) is 24.2 Å². The molecule has 32 heavy (non-hydrogen) atoms. The maximum Gasteiger partial charge on any atom is 0.277 e. The van der Waals surface area contributed by atoms with Crippen molar-refractivity contribution in [1.82, 2.24) is 15.1 Å². The van der Waals surface area contributed by atoms with E-state index >= 15 is 0 Å². The molecule has 3 rings (SSSR count). The van der Waals surface area contributed by atoms with E-state index in [4.69, 9.17) is 4.74 Å². The summed E-state index contributed by atoms with van der Waals surface area (Å²) in [5.74, 6) is -0.0812. The van der Waals surface area contributed by atoms with Gasteiger partial charge in [-0.25, -0.2) is 4.68 Å². The van der Waals surface area contributed by atoms with Crippen molar-refractivity contribution < 1.29 is 19.4 Å². The Morgan fingerprint density at radius 3 is 2.22 bits per heavy atom. The molecular formula is C20H17N5O7. The SMILES string of the molecule is COc1ccc(-c2ccc(=O)n(CCNC(=O)c3cc([N+](=O)[O-])cc([N+](=O)[O-])c3)n2)cc1. The van der Waals surface area contributed by atoms with E-state index in [0.29, 0.717) is 11.4 Å². The fraction of sp³-hybridized carbons (Fsp3) is 0.150. The third kappa shape index (κ3) is 5.11. The number of rotatable bonds is 8. The molecule has 0 saturated heterocycles. The van der Waals surface area contributed by atoms with Crippen LogP contribution >= 0.6 is 0 Å². The lowest BCUT2D eigenvalue weighted by atomic mass is 10.1. The van der Waals surface area contributed by atoms with Gasteiger partial charge in [-0.3, -0.25) is 29.8 Å². The van der Waals surface area contributed by atoms with Gasteiger partial charge in [0.05, 0.1) is 40.8 Å². The number of benzene rings is 2. The van der Waals surface area contributed by atoms with E-state index in [0.717, 1.165) is 28.4 Å². The third-order valence-corrected chi connectivity index (χ3v) is 4.45. The Morgan fingerprint density at radius 1 is 1.03 bits per heavy atom. The largest absolute Gasteiger partial charge is 0.497 e. The predicted octanol–water partition coefficient (Wildman–Crippen LogP) is 2.17. The number of hydrogen-bond donors (Lipinski definition) is 1. The molecule has 3 aromatic rings. The van der Waals surface area contributed by atoms with E-state index in [9.17, 15) is 29.8 Å². The van der Waals surface area contributed by atoms with Crippen molar-refractivity contribution in [1.29, 1.82) is 0 Å². The average molecular weight is 439 g/mol. The van der Waals surface area contributed by atoms with Crippen molar-refractivity contribution in [2.45, 2.75) is 6.54 Å². The number of nitro groups is 2. The topological polar surface area (TPSA) is 160 Å². The lowest BCUT2D eigenvalue weighted by Crippen LogP contribution is -2.32. The summed E-state index contributed by atoms with van der Waals surface area (Å²) in [4.78, 5) is 44.7. The van der Waals surface area contributed by atoms with Gasteiger partial charge in [-0.05, 0) is 30.3 Å². The number of methoxy groups -OCH3 is 1. The zero-order valence-corrected chi connectivity index (χ0v) is 16.8. The van der Waals surface area contributed by atoms with Crippen molar-refractivity contribution in [3.63, 3.8) is 0 Å². The zero-order chi connectivity index (χ0) is 23.3. The van der Waals surface area contributed by atoms with Gasteiger partial charge in [-0.1, -0.05) is 0 Å². The molecule has 1 heterocycles. The van der Waals surface area contributed by atoms with Crippen LogP contribution in [0.25, 0.3) is 11.3 Å². The smallest absolute Gasteiger partial charge is 0.277 e. The van der Waals surface area contributed by atoms with Crippen molar-refractivity contribution >= 4 is 17.3 Å². The Morgan fingerprint density at radius 2 is 1.66 bits per heavy atom. The van der Waals surface area contributed by atoms with Gasteiger partial charge in [-0.15, -0.1) is 0 Å². The highest BCUT2D eigenvalue weighted by Crippen LogP contribution is 2.23. The number of ether oxygens (including phenoxy) is 1. The fourth-order valence-electron chi connectivity index (χ4n) is 2.84. The Bertz CT molecular complexity index is 1210. The predicted molar refractivity (Wildman–Crippen MR) is 113 cm³/mol. The molecule has 0 spiro atoms. The van der Waals surface area contributed by atoms with Crippen LogP contribution in [0.5, 0.6) is 5.75 Å². The number of nitrogens with zero attached hydrogens (tertiary/aromatic N) is 4. The van der Waals surface area contributed by atoms with Crippen LogP contribution < -0.4 is 15.6 Å². The number of carbonyl (C=O) groups is 1. The van der Waals surface area contributed by atoms with Crippen LogP contribution in [0.15, 0.2) is 59.4 Å². The second-order valence-corrected chi connectivity index (χ2v) is 6.52. The molecule has 1 amide bonds. The molecule has 2 aromatic carbocycles. The highest BCUT2D eigenvalue weighted by atomic mass is 16.6. The first kappa shape index (κ1) is 22.1. The minimum absolute atomic E-state index is 0.0194.